The van der Waals surface area contributed by atoms with E-state index in [1.165, 1.54) is 31.0 Å². The SMILES string of the molecule is COC(=O)c1ccccc1NC(=O)CSCc1nc(-c2ccc(F)cc2)no1. The largest absolute Gasteiger partial charge is 0.465 e. The molecule has 1 amide bonds. The van der Waals surface area contributed by atoms with Gasteiger partial charge in [-0.05, 0) is 36.4 Å². The van der Waals surface area contributed by atoms with E-state index >= 15 is 0 Å². The summed E-state index contributed by atoms with van der Waals surface area (Å²) in [6.45, 7) is 0. The van der Waals surface area contributed by atoms with Gasteiger partial charge in [-0.15, -0.1) is 11.8 Å². The molecule has 1 N–H and O–H groups in total. The molecule has 0 fully saturated rings. The Morgan fingerprint density at radius 3 is 2.68 bits per heavy atom. The molecule has 7 nitrogen and oxygen atoms in total. The van der Waals surface area contributed by atoms with Crippen LogP contribution in [0, 0.1) is 5.82 Å². The third-order valence-corrected chi connectivity index (χ3v) is 4.55. The number of carbonyl (C=O) groups excluding carboxylic acids is 2. The van der Waals surface area contributed by atoms with Gasteiger partial charge in [-0.3, -0.25) is 4.79 Å². The molecule has 0 bridgehead atoms. The number of thioether (sulfide) groups is 1. The Hall–Kier alpha value is -3.20. The molecule has 1 aromatic heterocycles. The number of benzene rings is 2. The molecule has 0 atom stereocenters. The van der Waals surface area contributed by atoms with Crippen LogP contribution in [0.3, 0.4) is 0 Å². The molecule has 144 valence electrons. The summed E-state index contributed by atoms with van der Waals surface area (Å²) in [5, 5.41) is 6.53. The first kappa shape index (κ1) is 19.6. The molecular formula is C19H16FN3O4S. The van der Waals surface area contributed by atoms with Crippen LogP contribution in [-0.2, 0) is 15.3 Å². The summed E-state index contributed by atoms with van der Waals surface area (Å²) >= 11 is 1.28. The van der Waals surface area contributed by atoms with Crippen molar-refractivity contribution >= 4 is 29.3 Å². The third kappa shape index (κ3) is 4.95. The summed E-state index contributed by atoms with van der Waals surface area (Å²) in [6, 6.07) is 12.3. The fourth-order valence-electron chi connectivity index (χ4n) is 2.33. The first-order chi connectivity index (χ1) is 13.6. The van der Waals surface area contributed by atoms with Crippen molar-refractivity contribution in [2.45, 2.75) is 5.75 Å². The summed E-state index contributed by atoms with van der Waals surface area (Å²) in [6.07, 6.45) is 0. The highest BCUT2D eigenvalue weighted by atomic mass is 32.2. The summed E-state index contributed by atoms with van der Waals surface area (Å²) in [5.41, 5.74) is 1.30. The van der Waals surface area contributed by atoms with E-state index < -0.39 is 5.97 Å². The number of para-hydroxylation sites is 1. The Kier molecular flexibility index (Phi) is 6.38. The van der Waals surface area contributed by atoms with E-state index in [0.717, 1.165) is 0 Å². The minimum absolute atomic E-state index is 0.129. The van der Waals surface area contributed by atoms with Gasteiger partial charge in [0.2, 0.25) is 17.6 Å². The van der Waals surface area contributed by atoms with E-state index in [2.05, 4.69) is 15.5 Å². The van der Waals surface area contributed by atoms with E-state index in [4.69, 9.17) is 9.26 Å². The number of aromatic nitrogens is 2. The summed E-state index contributed by atoms with van der Waals surface area (Å²) < 4.78 is 22.8. The van der Waals surface area contributed by atoms with Gasteiger partial charge in [0.25, 0.3) is 0 Å². The number of hydrogen-bond donors (Lipinski definition) is 1. The molecular weight excluding hydrogens is 385 g/mol. The van der Waals surface area contributed by atoms with Crippen LogP contribution >= 0.6 is 11.8 Å². The minimum Gasteiger partial charge on any atom is -0.465 e. The van der Waals surface area contributed by atoms with Gasteiger partial charge in [0.15, 0.2) is 0 Å². The lowest BCUT2D eigenvalue weighted by atomic mass is 10.2. The van der Waals surface area contributed by atoms with E-state index in [9.17, 15) is 14.0 Å². The predicted molar refractivity (Wildman–Crippen MR) is 102 cm³/mol. The molecule has 28 heavy (non-hydrogen) atoms. The van der Waals surface area contributed by atoms with Crippen molar-refractivity contribution in [2.75, 3.05) is 18.2 Å². The van der Waals surface area contributed by atoms with Gasteiger partial charge in [-0.1, -0.05) is 17.3 Å². The lowest BCUT2D eigenvalue weighted by molar-refractivity contribution is -0.113. The molecule has 3 rings (SSSR count). The fourth-order valence-corrected chi connectivity index (χ4v) is 2.98. The molecule has 0 aliphatic rings. The molecule has 0 spiro atoms. The van der Waals surface area contributed by atoms with Crippen LogP contribution in [0.5, 0.6) is 0 Å². The van der Waals surface area contributed by atoms with E-state index in [0.29, 0.717) is 28.7 Å². The topological polar surface area (TPSA) is 94.3 Å². The van der Waals surface area contributed by atoms with Gasteiger partial charge < -0.3 is 14.6 Å². The predicted octanol–water partition coefficient (Wildman–Crippen LogP) is 3.53. The monoisotopic (exact) mass is 401 g/mol. The van der Waals surface area contributed by atoms with Crippen LogP contribution in [0.25, 0.3) is 11.4 Å². The normalized spacial score (nSPS) is 10.5. The van der Waals surface area contributed by atoms with Gasteiger partial charge in [-0.25, -0.2) is 9.18 Å². The molecule has 0 saturated heterocycles. The highest BCUT2D eigenvalue weighted by Gasteiger charge is 2.14. The number of hydrogen-bond acceptors (Lipinski definition) is 7. The number of carbonyl (C=O) groups is 2. The van der Waals surface area contributed by atoms with Gasteiger partial charge in [0, 0.05) is 5.56 Å². The van der Waals surface area contributed by atoms with Crippen molar-refractivity contribution in [3.63, 3.8) is 0 Å². The summed E-state index contributed by atoms with van der Waals surface area (Å²) in [7, 11) is 1.28. The third-order valence-electron chi connectivity index (χ3n) is 3.64. The number of esters is 1. The van der Waals surface area contributed by atoms with Crippen molar-refractivity contribution < 1.29 is 23.2 Å². The van der Waals surface area contributed by atoms with Gasteiger partial charge >= 0.3 is 5.97 Å². The van der Waals surface area contributed by atoms with Crippen LogP contribution < -0.4 is 5.32 Å². The van der Waals surface area contributed by atoms with Crippen molar-refractivity contribution in [1.29, 1.82) is 0 Å². The maximum absolute atomic E-state index is 13.0. The summed E-state index contributed by atoms with van der Waals surface area (Å²) in [5.74, 6) is 0.0219. The van der Waals surface area contributed by atoms with Crippen molar-refractivity contribution in [2.24, 2.45) is 0 Å². The molecule has 0 aliphatic carbocycles. The van der Waals surface area contributed by atoms with Crippen molar-refractivity contribution in [3.8, 4) is 11.4 Å². The van der Waals surface area contributed by atoms with E-state index in [1.54, 1.807) is 36.4 Å². The van der Waals surface area contributed by atoms with Crippen LogP contribution in [0.1, 0.15) is 16.2 Å². The minimum atomic E-state index is -0.525. The van der Waals surface area contributed by atoms with Crippen LogP contribution in [-0.4, -0.2) is 34.9 Å². The van der Waals surface area contributed by atoms with Gasteiger partial charge in [0.05, 0.1) is 29.9 Å². The molecule has 0 saturated carbocycles. The zero-order valence-corrected chi connectivity index (χ0v) is 15.7. The fraction of sp³-hybridized carbons (Fsp3) is 0.158. The van der Waals surface area contributed by atoms with Crippen molar-refractivity contribution in [3.05, 3.63) is 65.8 Å². The Morgan fingerprint density at radius 2 is 1.93 bits per heavy atom. The molecule has 3 aromatic rings. The Morgan fingerprint density at radius 1 is 1.18 bits per heavy atom. The number of nitrogens with one attached hydrogen (secondary N) is 1. The second-order valence-electron chi connectivity index (χ2n) is 5.60. The molecule has 9 heteroatoms. The maximum Gasteiger partial charge on any atom is 0.339 e. The smallest absolute Gasteiger partial charge is 0.339 e. The zero-order valence-electron chi connectivity index (χ0n) is 14.8. The number of halogens is 1. The highest BCUT2D eigenvalue weighted by molar-refractivity contribution is 7.99. The molecule has 0 aliphatic heterocycles. The average molecular weight is 401 g/mol. The number of rotatable bonds is 7. The van der Waals surface area contributed by atoms with Crippen LogP contribution in [0.2, 0.25) is 0 Å². The second-order valence-corrected chi connectivity index (χ2v) is 6.58. The zero-order chi connectivity index (χ0) is 19.9. The number of methoxy groups -OCH3 is 1. The molecule has 0 unspecified atom stereocenters. The van der Waals surface area contributed by atoms with E-state index in [1.807, 2.05) is 0 Å². The van der Waals surface area contributed by atoms with Gasteiger partial charge in [0.1, 0.15) is 5.82 Å². The first-order valence-corrected chi connectivity index (χ1v) is 9.35. The first-order valence-electron chi connectivity index (χ1n) is 8.20. The van der Waals surface area contributed by atoms with Crippen LogP contribution in [0.15, 0.2) is 53.1 Å². The lowest BCUT2D eigenvalue weighted by Gasteiger charge is -2.09. The second kappa shape index (κ2) is 9.14. The lowest BCUT2D eigenvalue weighted by Crippen LogP contribution is -2.17. The number of amides is 1. The molecule has 1 heterocycles. The summed E-state index contributed by atoms with van der Waals surface area (Å²) in [4.78, 5) is 28.1. The average Bonchev–Trinajstić information content (AvgIpc) is 3.17. The van der Waals surface area contributed by atoms with Crippen molar-refractivity contribution in [1.82, 2.24) is 10.1 Å². The standard InChI is InChI=1S/C19H16FN3O4S/c1-26-19(25)14-4-2-3-5-15(14)21-16(24)10-28-11-17-22-18(23-27-17)12-6-8-13(20)9-7-12/h2-9H,10-11H2,1H3,(H,21,24). The van der Waals surface area contributed by atoms with E-state index in [-0.39, 0.29) is 23.0 Å². The molecule has 0 radical (unpaired) electrons. The van der Waals surface area contributed by atoms with Gasteiger partial charge in [-0.2, -0.15) is 4.98 Å². The number of ether oxygens (including phenoxy) is 1. The Bertz CT molecular complexity index is 975. The van der Waals surface area contributed by atoms with Crippen LogP contribution in [0.4, 0.5) is 10.1 Å². The Balaban J connectivity index is 1.53. The quantitative estimate of drug-likeness (QED) is 0.605. The maximum atomic E-state index is 13.0. The Labute approximate surface area is 164 Å². The number of nitrogens with zero attached hydrogens (tertiary/aromatic N) is 2. The number of anilines is 1. The molecule has 2 aromatic carbocycles. The highest BCUT2D eigenvalue weighted by Crippen LogP contribution is 2.20.